The van der Waals surface area contributed by atoms with Gasteiger partial charge in [-0.05, 0) is 58.5 Å². The molecule has 2 atom stereocenters. The van der Waals surface area contributed by atoms with E-state index in [1.165, 1.54) is 12.1 Å². The number of nitrogens with zero attached hydrogens (tertiary/aromatic N) is 1. The number of unbranched alkanes of at least 4 members (excludes halogenated alkanes) is 1. The van der Waals surface area contributed by atoms with Crippen LogP contribution in [0.4, 0.5) is 13.2 Å². The van der Waals surface area contributed by atoms with Gasteiger partial charge in [0, 0.05) is 30.4 Å². The van der Waals surface area contributed by atoms with E-state index in [1.807, 2.05) is 25.9 Å². The summed E-state index contributed by atoms with van der Waals surface area (Å²) < 4.78 is 43.3. The average molecular weight is 488 g/mol. The van der Waals surface area contributed by atoms with Gasteiger partial charge in [0.05, 0.1) is 6.04 Å². The van der Waals surface area contributed by atoms with E-state index < -0.39 is 12.3 Å². The molecular weight excluding hydrogens is 455 g/mol. The SMILES string of the molecule is CCC(=O)CCC(C(C)=O)N(C)C.O=CCCCC(Oc1ccc(C=O)c(C=O)c1)C(F)(F)F. The maximum Gasteiger partial charge on any atom is 0.425 e. The lowest BCUT2D eigenvalue weighted by atomic mass is 10.0. The van der Waals surface area contributed by atoms with Gasteiger partial charge in [-0.2, -0.15) is 13.2 Å². The number of rotatable bonds is 14. The van der Waals surface area contributed by atoms with Crippen molar-refractivity contribution in [1.29, 1.82) is 0 Å². The number of carbonyl (C=O) groups excluding carboxylic acids is 5. The van der Waals surface area contributed by atoms with Crippen LogP contribution in [0.3, 0.4) is 0 Å². The van der Waals surface area contributed by atoms with E-state index in [1.54, 1.807) is 6.92 Å². The van der Waals surface area contributed by atoms with E-state index in [0.29, 0.717) is 38.1 Å². The average Bonchev–Trinajstić information content (AvgIpc) is 2.77. The molecule has 0 aliphatic rings. The number of carbonyl (C=O) groups is 5. The highest BCUT2D eigenvalue weighted by molar-refractivity contribution is 5.90. The molecule has 190 valence electrons. The zero-order chi connectivity index (χ0) is 26.3. The minimum absolute atomic E-state index is 0.0135. The van der Waals surface area contributed by atoms with Crippen LogP contribution in [-0.4, -0.2) is 67.7 Å². The number of likely N-dealkylation sites (N-methyl/N-ethyl adjacent to an activating group) is 1. The largest absolute Gasteiger partial charge is 0.481 e. The first-order chi connectivity index (χ1) is 15.9. The number of alkyl halides is 3. The quantitative estimate of drug-likeness (QED) is 0.286. The van der Waals surface area contributed by atoms with E-state index in [9.17, 15) is 37.1 Å². The van der Waals surface area contributed by atoms with E-state index in [2.05, 4.69) is 0 Å². The number of Topliss-reactive ketones (excluding diaryl/α,β-unsaturated/α-hetero) is 2. The summed E-state index contributed by atoms with van der Waals surface area (Å²) in [6.45, 7) is 3.42. The highest BCUT2D eigenvalue weighted by Crippen LogP contribution is 2.29. The van der Waals surface area contributed by atoms with Crippen LogP contribution in [-0.2, 0) is 14.4 Å². The molecule has 1 rings (SSSR count). The number of hydrogen-bond donors (Lipinski definition) is 0. The van der Waals surface area contributed by atoms with Gasteiger partial charge in [-0.3, -0.25) is 24.1 Å². The summed E-state index contributed by atoms with van der Waals surface area (Å²) in [4.78, 5) is 55.6. The van der Waals surface area contributed by atoms with Crippen molar-refractivity contribution in [2.24, 2.45) is 0 Å². The number of ether oxygens (including phenoxy) is 1. The fourth-order valence-corrected chi connectivity index (χ4v) is 2.98. The van der Waals surface area contributed by atoms with Crippen LogP contribution in [0.1, 0.15) is 73.1 Å². The fraction of sp³-hybridized carbons (Fsp3) is 0.542. The van der Waals surface area contributed by atoms with Crippen molar-refractivity contribution < 1.29 is 41.9 Å². The fourth-order valence-electron chi connectivity index (χ4n) is 2.98. The molecule has 0 saturated carbocycles. The van der Waals surface area contributed by atoms with Crippen LogP contribution in [0.15, 0.2) is 18.2 Å². The molecule has 0 aliphatic carbocycles. The van der Waals surface area contributed by atoms with Crippen molar-refractivity contribution in [3.63, 3.8) is 0 Å². The summed E-state index contributed by atoms with van der Waals surface area (Å²) in [5, 5.41) is 0. The number of hydrogen-bond acceptors (Lipinski definition) is 7. The molecule has 7 nitrogen and oxygen atoms in total. The molecule has 0 fully saturated rings. The zero-order valence-corrected chi connectivity index (χ0v) is 19.9. The number of benzene rings is 1. The maximum absolute atomic E-state index is 12.8. The molecule has 10 heteroatoms. The molecule has 0 heterocycles. The number of ketones is 2. The summed E-state index contributed by atoms with van der Waals surface area (Å²) in [5.74, 6) is 0.207. The van der Waals surface area contributed by atoms with Crippen molar-refractivity contribution in [2.75, 3.05) is 14.1 Å². The normalized spacial score (nSPS) is 12.7. The number of halogens is 3. The van der Waals surface area contributed by atoms with Crippen LogP contribution < -0.4 is 4.74 Å². The van der Waals surface area contributed by atoms with Crippen molar-refractivity contribution in [3.8, 4) is 5.75 Å². The number of aldehydes is 3. The second kappa shape index (κ2) is 15.9. The third-order valence-corrected chi connectivity index (χ3v) is 4.93. The summed E-state index contributed by atoms with van der Waals surface area (Å²) in [5.41, 5.74) is 0.0261. The topological polar surface area (TPSA) is 97.8 Å². The van der Waals surface area contributed by atoms with Gasteiger partial charge >= 0.3 is 6.18 Å². The van der Waals surface area contributed by atoms with Crippen molar-refractivity contribution >= 4 is 30.4 Å². The predicted molar refractivity (Wildman–Crippen MR) is 120 cm³/mol. The lowest BCUT2D eigenvalue weighted by Crippen LogP contribution is -2.34. The smallest absolute Gasteiger partial charge is 0.425 e. The monoisotopic (exact) mass is 487 g/mol. The molecule has 1 aromatic rings. The Morgan fingerprint density at radius 2 is 1.68 bits per heavy atom. The minimum Gasteiger partial charge on any atom is -0.481 e. The summed E-state index contributed by atoms with van der Waals surface area (Å²) >= 11 is 0. The Labute approximate surface area is 197 Å². The van der Waals surface area contributed by atoms with Crippen LogP contribution >= 0.6 is 0 Å². The van der Waals surface area contributed by atoms with Crippen LogP contribution in [0.25, 0.3) is 0 Å². The minimum atomic E-state index is -4.59. The molecule has 0 spiro atoms. The molecule has 1 aromatic carbocycles. The Morgan fingerprint density at radius 3 is 2.12 bits per heavy atom. The molecule has 0 aromatic heterocycles. The van der Waals surface area contributed by atoms with E-state index in [-0.39, 0.29) is 53.7 Å². The lowest BCUT2D eigenvalue weighted by molar-refractivity contribution is -0.197. The molecule has 34 heavy (non-hydrogen) atoms. The van der Waals surface area contributed by atoms with Gasteiger partial charge in [0.2, 0.25) is 0 Å². The van der Waals surface area contributed by atoms with Crippen LogP contribution in [0.2, 0.25) is 0 Å². The lowest BCUT2D eigenvalue weighted by Gasteiger charge is -2.21. The van der Waals surface area contributed by atoms with Gasteiger partial charge in [0.25, 0.3) is 0 Å². The Bertz CT molecular complexity index is 823. The summed E-state index contributed by atoms with van der Waals surface area (Å²) in [7, 11) is 3.73. The van der Waals surface area contributed by atoms with Crippen molar-refractivity contribution in [2.45, 2.75) is 70.7 Å². The molecule has 0 bridgehead atoms. The Balaban J connectivity index is 0.000000722. The molecule has 0 N–H and O–H groups in total. The van der Waals surface area contributed by atoms with E-state index in [4.69, 9.17) is 4.74 Å². The molecule has 0 amide bonds. The Hall–Kier alpha value is -2.88. The standard InChI is InChI=1S/C14H13F3O4.C10H19NO2/c15-14(16,17)13(3-1-2-6-18)21-12-5-4-10(8-19)11(7-12)9-20;1-5-9(13)6-7-10(8(2)12)11(3)4/h4-9,13H,1-3H2;10H,5-7H2,1-4H3. The van der Waals surface area contributed by atoms with Crippen molar-refractivity contribution in [3.05, 3.63) is 29.3 Å². The van der Waals surface area contributed by atoms with Gasteiger partial charge in [-0.1, -0.05) is 6.92 Å². The third-order valence-electron chi connectivity index (χ3n) is 4.93. The third kappa shape index (κ3) is 11.8. The first kappa shape index (κ1) is 31.1. The Morgan fingerprint density at radius 1 is 1.06 bits per heavy atom. The zero-order valence-electron chi connectivity index (χ0n) is 19.9. The molecule has 0 aliphatic heterocycles. The maximum atomic E-state index is 12.8. The molecular formula is C24H32F3NO6. The first-order valence-corrected chi connectivity index (χ1v) is 10.8. The van der Waals surface area contributed by atoms with Crippen LogP contribution in [0, 0.1) is 0 Å². The van der Waals surface area contributed by atoms with E-state index >= 15 is 0 Å². The van der Waals surface area contributed by atoms with Crippen LogP contribution in [0.5, 0.6) is 5.75 Å². The van der Waals surface area contributed by atoms with E-state index in [0.717, 1.165) is 6.07 Å². The highest BCUT2D eigenvalue weighted by Gasteiger charge is 2.41. The van der Waals surface area contributed by atoms with Gasteiger partial charge < -0.3 is 9.53 Å². The van der Waals surface area contributed by atoms with Gasteiger partial charge in [-0.25, -0.2) is 0 Å². The molecule has 0 radical (unpaired) electrons. The van der Waals surface area contributed by atoms with Crippen molar-refractivity contribution in [1.82, 2.24) is 4.90 Å². The second-order valence-electron chi connectivity index (χ2n) is 7.79. The first-order valence-electron chi connectivity index (χ1n) is 10.8. The molecule has 0 saturated heterocycles. The molecule has 2 unspecified atom stereocenters. The second-order valence-corrected chi connectivity index (χ2v) is 7.79. The predicted octanol–water partition coefficient (Wildman–Crippen LogP) is 4.26. The summed E-state index contributed by atoms with van der Waals surface area (Å²) in [6.07, 6.45) is -3.91. The van der Waals surface area contributed by atoms with Gasteiger partial charge in [-0.15, -0.1) is 0 Å². The summed E-state index contributed by atoms with van der Waals surface area (Å²) in [6, 6.07) is 3.38. The van der Waals surface area contributed by atoms with Gasteiger partial charge in [0.15, 0.2) is 18.7 Å². The van der Waals surface area contributed by atoms with Gasteiger partial charge in [0.1, 0.15) is 23.6 Å². The highest BCUT2D eigenvalue weighted by atomic mass is 19.4. The Kier molecular flexibility index (Phi) is 14.5.